The Morgan fingerprint density at radius 3 is 2.76 bits per heavy atom. The van der Waals surface area contributed by atoms with E-state index in [2.05, 4.69) is 60.9 Å². The highest BCUT2D eigenvalue weighted by Gasteiger charge is 2.11. The van der Waals surface area contributed by atoms with Gasteiger partial charge < -0.3 is 24.3 Å². The van der Waals surface area contributed by atoms with E-state index < -0.39 is 0 Å². The number of H-pyrrole nitrogens is 1. The van der Waals surface area contributed by atoms with Crippen LogP contribution in [0.3, 0.4) is 0 Å². The van der Waals surface area contributed by atoms with E-state index in [1.54, 1.807) is 6.33 Å². The van der Waals surface area contributed by atoms with E-state index in [1.807, 2.05) is 12.1 Å². The van der Waals surface area contributed by atoms with Gasteiger partial charge in [0, 0.05) is 38.1 Å². The number of imidazole rings is 1. The summed E-state index contributed by atoms with van der Waals surface area (Å²) in [6.07, 6.45) is 1.60. The summed E-state index contributed by atoms with van der Waals surface area (Å²) in [4.78, 5) is 14.6. The van der Waals surface area contributed by atoms with Crippen LogP contribution in [0.25, 0.3) is 21.9 Å². The summed E-state index contributed by atoms with van der Waals surface area (Å²) in [5.41, 5.74) is 4.09. The number of rotatable bonds is 8. The molecule has 1 aliphatic rings. The lowest BCUT2D eigenvalue weighted by molar-refractivity contribution is 0.0322. The van der Waals surface area contributed by atoms with Gasteiger partial charge in [0.1, 0.15) is 24.5 Å². The van der Waals surface area contributed by atoms with Gasteiger partial charge in [0.05, 0.1) is 29.8 Å². The Labute approximate surface area is 197 Å². The van der Waals surface area contributed by atoms with Crippen LogP contribution in [0.2, 0.25) is 0 Å². The number of aromatic amines is 1. The number of ether oxygens (including phenoxy) is 2. The molecule has 0 bridgehead atoms. The van der Waals surface area contributed by atoms with Crippen LogP contribution in [0.15, 0.2) is 42.7 Å². The normalized spacial score (nSPS) is 14.7. The molecular weight excluding hydrogens is 436 g/mol. The average molecular weight is 465 g/mol. The second kappa shape index (κ2) is 9.86. The molecule has 1 aliphatic heterocycles. The molecule has 0 aliphatic carbocycles. The zero-order chi connectivity index (χ0) is 22.6. The van der Waals surface area contributed by atoms with E-state index in [-0.39, 0.29) is 0 Å². The van der Waals surface area contributed by atoms with Crippen LogP contribution >= 0.6 is 12.2 Å². The number of aryl methyl sites for hydroxylation is 1. The third-order valence-electron chi connectivity index (χ3n) is 6.01. The predicted molar refractivity (Wildman–Crippen MR) is 132 cm³/mol. The van der Waals surface area contributed by atoms with Crippen LogP contribution in [0.4, 0.5) is 5.82 Å². The first-order valence-electron chi connectivity index (χ1n) is 11.3. The molecule has 172 valence electrons. The Kier molecular flexibility index (Phi) is 6.52. The van der Waals surface area contributed by atoms with Gasteiger partial charge >= 0.3 is 0 Å². The number of fused-ring (bicyclic) bond motifs is 2. The minimum atomic E-state index is 0.657. The van der Waals surface area contributed by atoms with E-state index in [0.717, 1.165) is 83.2 Å². The number of hydrogen-bond acceptors (Lipinski definition) is 7. The summed E-state index contributed by atoms with van der Waals surface area (Å²) < 4.78 is 14.1. The number of benzene rings is 2. The topological polar surface area (TPSA) is 80.2 Å². The van der Waals surface area contributed by atoms with Gasteiger partial charge in [0.2, 0.25) is 0 Å². The van der Waals surface area contributed by atoms with Crippen molar-refractivity contribution >= 4 is 40.0 Å². The second-order valence-electron chi connectivity index (χ2n) is 8.08. The monoisotopic (exact) mass is 464 g/mol. The number of nitrogens with zero attached hydrogens (tertiary/aromatic N) is 4. The molecule has 0 saturated carbocycles. The summed E-state index contributed by atoms with van der Waals surface area (Å²) in [5.74, 6) is 1.69. The Bertz CT molecular complexity index is 1290. The van der Waals surface area contributed by atoms with Crippen molar-refractivity contribution in [1.82, 2.24) is 24.4 Å². The highest BCUT2D eigenvalue weighted by atomic mass is 32.1. The van der Waals surface area contributed by atoms with Crippen molar-refractivity contribution in [2.75, 3.05) is 44.8 Å². The fourth-order valence-corrected chi connectivity index (χ4v) is 4.51. The molecule has 8 nitrogen and oxygen atoms in total. The number of nitrogens with one attached hydrogen (secondary N) is 2. The van der Waals surface area contributed by atoms with Crippen LogP contribution in [-0.4, -0.2) is 63.9 Å². The van der Waals surface area contributed by atoms with Crippen LogP contribution in [0.5, 0.6) is 5.75 Å². The molecule has 33 heavy (non-hydrogen) atoms. The molecule has 2 N–H and O–H groups in total. The van der Waals surface area contributed by atoms with E-state index in [0.29, 0.717) is 13.2 Å². The number of aromatic nitrogens is 4. The third-order valence-corrected chi connectivity index (χ3v) is 6.33. The van der Waals surface area contributed by atoms with Gasteiger partial charge in [-0.3, -0.25) is 4.90 Å². The molecule has 3 heterocycles. The largest absolute Gasteiger partial charge is 0.492 e. The van der Waals surface area contributed by atoms with E-state index in [9.17, 15) is 0 Å². The lowest BCUT2D eigenvalue weighted by atomic mass is 10.2. The quantitative estimate of drug-likeness (QED) is 0.382. The number of hydrogen-bond donors (Lipinski definition) is 2. The van der Waals surface area contributed by atoms with Crippen LogP contribution in [0.1, 0.15) is 12.5 Å². The van der Waals surface area contributed by atoms with Crippen molar-refractivity contribution in [3.63, 3.8) is 0 Å². The van der Waals surface area contributed by atoms with Gasteiger partial charge in [0.15, 0.2) is 4.77 Å². The Balaban J connectivity index is 1.24. The average Bonchev–Trinajstić information content (AvgIpc) is 3.16. The molecule has 1 saturated heterocycles. The molecule has 0 spiro atoms. The molecule has 0 amide bonds. The third kappa shape index (κ3) is 4.85. The summed E-state index contributed by atoms with van der Waals surface area (Å²) >= 11 is 5.45. The standard InChI is InChI=1S/C24H28N6O2S/c1-2-30-22-14-20-19(13-21(22)28-24(30)33)23(27-16-26-20)25-15-17-3-5-18(6-4-17)32-12-9-29-7-10-31-11-8-29/h3-6,13-14,16H,2,7-12,15H2,1H3,(H,28,33)(H,25,26,27). The van der Waals surface area contributed by atoms with Crippen molar-refractivity contribution in [2.45, 2.75) is 20.0 Å². The molecular formula is C24H28N6O2S. The lowest BCUT2D eigenvalue weighted by Crippen LogP contribution is -2.38. The molecule has 9 heteroatoms. The minimum Gasteiger partial charge on any atom is -0.492 e. The second-order valence-corrected chi connectivity index (χ2v) is 8.47. The van der Waals surface area contributed by atoms with Crippen molar-refractivity contribution in [3.05, 3.63) is 53.1 Å². The zero-order valence-corrected chi connectivity index (χ0v) is 19.5. The maximum absolute atomic E-state index is 5.91. The summed E-state index contributed by atoms with van der Waals surface area (Å²) in [7, 11) is 0. The summed E-state index contributed by atoms with van der Waals surface area (Å²) in [6, 6.07) is 12.3. The van der Waals surface area contributed by atoms with E-state index in [4.69, 9.17) is 21.7 Å². The maximum atomic E-state index is 5.91. The van der Waals surface area contributed by atoms with Crippen LogP contribution in [0, 0.1) is 4.77 Å². The van der Waals surface area contributed by atoms with Crippen molar-refractivity contribution in [1.29, 1.82) is 0 Å². The SMILES string of the molecule is CCn1c(=S)[nH]c2cc3c(NCc4ccc(OCCN5CCOCC5)cc4)ncnc3cc21. The molecule has 2 aromatic heterocycles. The number of anilines is 1. The fraction of sp³-hybridized carbons (Fsp3) is 0.375. The molecule has 0 unspecified atom stereocenters. The van der Waals surface area contributed by atoms with Crippen LogP contribution in [-0.2, 0) is 17.8 Å². The summed E-state index contributed by atoms with van der Waals surface area (Å²) in [6.45, 7) is 8.74. The van der Waals surface area contributed by atoms with E-state index >= 15 is 0 Å². The van der Waals surface area contributed by atoms with Crippen molar-refractivity contribution in [3.8, 4) is 5.75 Å². The van der Waals surface area contributed by atoms with Crippen molar-refractivity contribution in [2.24, 2.45) is 0 Å². The maximum Gasteiger partial charge on any atom is 0.178 e. The Morgan fingerprint density at radius 2 is 1.97 bits per heavy atom. The molecule has 4 aromatic rings. The van der Waals surface area contributed by atoms with Gasteiger partial charge in [-0.15, -0.1) is 0 Å². The fourth-order valence-electron chi connectivity index (χ4n) is 4.17. The first kappa shape index (κ1) is 21.8. The molecule has 2 aromatic carbocycles. The van der Waals surface area contributed by atoms with Gasteiger partial charge in [-0.2, -0.15) is 0 Å². The van der Waals surface area contributed by atoms with Crippen molar-refractivity contribution < 1.29 is 9.47 Å². The highest BCUT2D eigenvalue weighted by molar-refractivity contribution is 7.71. The smallest absolute Gasteiger partial charge is 0.178 e. The Hall–Kier alpha value is -3.01. The summed E-state index contributed by atoms with van der Waals surface area (Å²) in [5, 5.41) is 4.42. The van der Waals surface area contributed by atoms with Gasteiger partial charge in [-0.1, -0.05) is 12.1 Å². The highest BCUT2D eigenvalue weighted by Crippen LogP contribution is 2.26. The van der Waals surface area contributed by atoms with Gasteiger partial charge in [0.25, 0.3) is 0 Å². The lowest BCUT2D eigenvalue weighted by Gasteiger charge is -2.26. The van der Waals surface area contributed by atoms with E-state index in [1.165, 1.54) is 0 Å². The van der Waals surface area contributed by atoms with Gasteiger partial charge in [-0.05, 0) is 49.0 Å². The Morgan fingerprint density at radius 1 is 1.15 bits per heavy atom. The molecule has 5 rings (SSSR count). The predicted octanol–water partition coefficient (Wildman–Crippen LogP) is 3.99. The first-order valence-corrected chi connectivity index (χ1v) is 11.7. The minimum absolute atomic E-state index is 0.657. The molecule has 1 fully saturated rings. The molecule has 0 atom stereocenters. The van der Waals surface area contributed by atoms with Crippen LogP contribution < -0.4 is 10.1 Å². The number of morpholine rings is 1. The zero-order valence-electron chi connectivity index (χ0n) is 18.7. The first-order chi connectivity index (χ1) is 16.2. The molecule has 0 radical (unpaired) electrons. The van der Waals surface area contributed by atoms with Gasteiger partial charge in [-0.25, -0.2) is 9.97 Å².